The van der Waals surface area contributed by atoms with E-state index >= 15 is 0 Å². The lowest BCUT2D eigenvalue weighted by Crippen LogP contribution is -2.45. The van der Waals surface area contributed by atoms with Crippen LogP contribution in [0.2, 0.25) is 0 Å². The van der Waals surface area contributed by atoms with Crippen LogP contribution in [0.3, 0.4) is 0 Å². The van der Waals surface area contributed by atoms with Gasteiger partial charge in [-0.05, 0) is 17.7 Å². The van der Waals surface area contributed by atoms with Crippen LogP contribution < -0.4 is 4.90 Å². The van der Waals surface area contributed by atoms with Gasteiger partial charge in [-0.3, -0.25) is 9.69 Å². The van der Waals surface area contributed by atoms with Crippen LogP contribution in [0.4, 0.5) is 5.69 Å². The molecular formula is C20H22N2O2S. The minimum absolute atomic E-state index is 0.166. The zero-order valence-corrected chi connectivity index (χ0v) is 15.0. The molecule has 1 saturated heterocycles. The molecule has 130 valence electrons. The van der Waals surface area contributed by atoms with Crippen molar-refractivity contribution in [2.75, 3.05) is 44.3 Å². The highest BCUT2D eigenvalue weighted by atomic mass is 32.2. The lowest BCUT2D eigenvalue weighted by molar-refractivity contribution is -0.118. The Balaban J connectivity index is 1.58. The second-order valence-electron chi connectivity index (χ2n) is 6.32. The average Bonchev–Trinajstić information content (AvgIpc) is 2.68. The van der Waals surface area contributed by atoms with Gasteiger partial charge in [0, 0.05) is 31.1 Å². The smallest absolute Gasteiger partial charge is 0.245 e. The van der Waals surface area contributed by atoms with Gasteiger partial charge in [0.2, 0.25) is 5.91 Å². The van der Waals surface area contributed by atoms with Crippen molar-refractivity contribution in [3.63, 3.8) is 0 Å². The number of thioether (sulfide) groups is 1. The highest BCUT2D eigenvalue weighted by Gasteiger charge is 2.34. The Hall–Kier alpha value is -1.82. The fourth-order valence-electron chi connectivity index (χ4n) is 3.35. The van der Waals surface area contributed by atoms with E-state index in [2.05, 4.69) is 17.0 Å². The maximum atomic E-state index is 13.2. The number of carbonyl (C=O) groups excluding carboxylic acids is 1. The van der Waals surface area contributed by atoms with Crippen LogP contribution in [0.5, 0.6) is 0 Å². The monoisotopic (exact) mass is 354 g/mol. The molecule has 1 unspecified atom stereocenters. The molecule has 1 fully saturated rings. The second kappa shape index (κ2) is 7.60. The Morgan fingerprint density at radius 1 is 0.960 bits per heavy atom. The summed E-state index contributed by atoms with van der Waals surface area (Å²) in [7, 11) is 0. The van der Waals surface area contributed by atoms with Crippen molar-refractivity contribution in [3.05, 3.63) is 60.2 Å². The highest BCUT2D eigenvalue weighted by molar-refractivity contribution is 8.00. The first-order chi connectivity index (χ1) is 12.3. The topological polar surface area (TPSA) is 32.8 Å². The van der Waals surface area contributed by atoms with E-state index in [0.717, 1.165) is 50.6 Å². The third-order valence-electron chi connectivity index (χ3n) is 4.74. The molecule has 4 nitrogen and oxygen atoms in total. The van der Waals surface area contributed by atoms with Crippen LogP contribution in [0, 0.1) is 0 Å². The quantitative estimate of drug-likeness (QED) is 0.844. The van der Waals surface area contributed by atoms with Gasteiger partial charge in [-0.15, -0.1) is 11.8 Å². The molecule has 5 heteroatoms. The van der Waals surface area contributed by atoms with Crippen molar-refractivity contribution < 1.29 is 9.53 Å². The summed E-state index contributed by atoms with van der Waals surface area (Å²) in [5.74, 6) is 0.183. The van der Waals surface area contributed by atoms with Crippen molar-refractivity contribution in [1.29, 1.82) is 0 Å². The number of amides is 1. The molecule has 2 aliphatic heterocycles. The number of anilines is 1. The van der Waals surface area contributed by atoms with Crippen LogP contribution in [0.25, 0.3) is 0 Å². The Morgan fingerprint density at radius 2 is 1.68 bits per heavy atom. The molecule has 25 heavy (non-hydrogen) atoms. The summed E-state index contributed by atoms with van der Waals surface area (Å²) in [4.78, 5) is 18.7. The minimum Gasteiger partial charge on any atom is -0.379 e. The van der Waals surface area contributed by atoms with Gasteiger partial charge in [-0.2, -0.15) is 0 Å². The second-order valence-corrected chi connectivity index (χ2v) is 7.47. The number of ether oxygens (including phenoxy) is 1. The van der Waals surface area contributed by atoms with E-state index in [1.54, 1.807) is 11.8 Å². The summed E-state index contributed by atoms with van der Waals surface area (Å²) in [6.45, 7) is 5.07. The van der Waals surface area contributed by atoms with Gasteiger partial charge < -0.3 is 9.64 Å². The number of morpholine rings is 1. The van der Waals surface area contributed by atoms with E-state index in [9.17, 15) is 4.79 Å². The van der Waals surface area contributed by atoms with Crippen LogP contribution in [-0.2, 0) is 9.53 Å². The van der Waals surface area contributed by atoms with E-state index in [1.165, 1.54) is 4.90 Å². The molecule has 2 aromatic carbocycles. The number of carbonyl (C=O) groups is 1. The van der Waals surface area contributed by atoms with Gasteiger partial charge in [0.15, 0.2) is 0 Å². The van der Waals surface area contributed by atoms with Crippen LogP contribution >= 0.6 is 11.8 Å². The Morgan fingerprint density at radius 3 is 2.48 bits per heavy atom. The summed E-state index contributed by atoms with van der Waals surface area (Å²) < 4.78 is 5.42. The lowest BCUT2D eigenvalue weighted by atomic mass is 10.1. The van der Waals surface area contributed by atoms with E-state index in [0.29, 0.717) is 0 Å². The van der Waals surface area contributed by atoms with Crippen molar-refractivity contribution in [3.8, 4) is 0 Å². The standard InChI is InChI=1S/C20H22N2O2S/c23-20-19(16-6-2-1-3-7-16)25-18-9-5-4-8-17(18)22(20)11-10-21-12-14-24-15-13-21/h1-9,19H,10-15H2. The number of hydrogen-bond acceptors (Lipinski definition) is 4. The SMILES string of the molecule is O=C1C(c2ccccc2)Sc2ccccc2N1CCN1CCOCC1. The maximum Gasteiger partial charge on any atom is 0.245 e. The number of nitrogens with zero attached hydrogens (tertiary/aromatic N) is 2. The van der Waals surface area contributed by atoms with Crippen LogP contribution in [-0.4, -0.2) is 50.2 Å². The van der Waals surface area contributed by atoms with Crippen molar-refractivity contribution in [1.82, 2.24) is 4.90 Å². The van der Waals surface area contributed by atoms with E-state index in [4.69, 9.17) is 4.74 Å². The molecule has 1 amide bonds. The van der Waals surface area contributed by atoms with Gasteiger partial charge in [0.05, 0.1) is 18.9 Å². The predicted molar refractivity (Wildman–Crippen MR) is 101 cm³/mol. The fourth-order valence-corrected chi connectivity index (χ4v) is 4.58. The molecular weight excluding hydrogens is 332 g/mol. The number of benzene rings is 2. The van der Waals surface area contributed by atoms with Crippen LogP contribution in [0.15, 0.2) is 59.5 Å². The largest absolute Gasteiger partial charge is 0.379 e. The molecule has 1 atom stereocenters. The normalized spacial score (nSPS) is 21.2. The molecule has 0 radical (unpaired) electrons. The number of fused-ring (bicyclic) bond motifs is 1. The third kappa shape index (κ3) is 3.59. The first-order valence-electron chi connectivity index (χ1n) is 8.75. The Kier molecular flexibility index (Phi) is 5.06. The molecule has 2 aliphatic rings. The summed E-state index contributed by atoms with van der Waals surface area (Å²) in [6.07, 6.45) is 0. The number of rotatable bonds is 4. The van der Waals surface area contributed by atoms with Crippen LogP contribution in [0.1, 0.15) is 10.8 Å². The van der Waals surface area contributed by atoms with E-state index < -0.39 is 0 Å². The van der Waals surface area contributed by atoms with E-state index in [1.807, 2.05) is 47.4 Å². The van der Waals surface area contributed by atoms with Gasteiger partial charge in [0.25, 0.3) is 0 Å². The molecule has 0 aromatic heterocycles. The molecule has 0 N–H and O–H groups in total. The summed E-state index contributed by atoms with van der Waals surface area (Å²) in [6, 6.07) is 18.3. The highest BCUT2D eigenvalue weighted by Crippen LogP contribution is 2.46. The first-order valence-corrected chi connectivity index (χ1v) is 9.63. The number of para-hydroxylation sites is 1. The van der Waals surface area contributed by atoms with Crippen molar-refractivity contribution >= 4 is 23.4 Å². The molecule has 0 saturated carbocycles. The van der Waals surface area contributed by atoms with Gasteiger partial charge in [0.1, 0.15) is 5.25 Å². The summed E-state index contributed by atoms with van der Waals surface area (Å²) in [5, 5.41) is -0.166. The third-order valence-corrected chi connectivity index (χ3v) is 6.05. The zero-order valence-electron chi connectivity index (χ0n) is 14.1. The molecule has 0 bridgehead atoms. The Labute approximate surface area is 152 Å². The molecule has 0 aliphatic carbocycles. The van der Waals surface area contributed by atoms with Gasteiger partial charge in [-0.25, -0.2) is 0 Å². The molecule has 0 spiro atoms. The average molecular weight is 354 g/mol. The molecule has 4 rings (SSSR count). The lowest BCUT2D eigenvalue weighted by Gasteiger charge is -2.36. The number of hydrogen-bond donors (Lipinski definition) is 0. The van der Waals surface area contributed by atoms with Gasteiger partial charge in [-0.1, -0.05) is 42.5 Å². The Bertz CT molecular complexity index is 731. The summed E-state index contributed by atoms with van der Waals surface area (Å²) >= 11 is 1.66. The van der Waals surface area contributed by atoms with Crippen molar-refractivity contribution in [2.45, 2.75) is 10.1 Å². The minimum atomic E-state index is -0.166. The first kappa shape index (κ1) is 16.6. The summed E-state index contributed by atoms with van der Waals surface area (Å²) in [5.41, 5.74) is 2.11. The van der Waals surface area contributed by atoms with E-state index in [-0.39, 0.29) is 11.2 Å². The fraction of sp³-hybridized carbons (Fsp3) is 0.350. The predicted octanol–water partition coefficient (Wildman–Crippen LogP) is 3.20. The molecule has 2 heterocycles. The maximum absolute atomic E-state index is 13.2. The zero-order chi connectivity index (χ0) is 17.1. The van der Waals surface area contributed by atoms with Gasteiger partial charge >= 0.3 is 0 Å². The van der Waals surface area contributed by atoms with Crippen molar-refractivity contribution in [2.24, 2.45) is 0 Å². The molecule has 2 aromatic rings.